The summed E-state index contributed by atoms with van der Waals surface area (Å²) in [6.45, 7) is 8.47. The third kappa shape index (κ3) is 4.94. The number of aromatic nitrogens is 3. The highest BCUT2D eigenvalue weighted by Crippen LogP contribution is 2.29. The van der Waals surface area contributed by atoms with Crippen LogP contribution in [0.3, 0.4) is 0 Å². The minimum Gasteiger partial charge on any atom is -0.208 e. The second-order valence-corrected chi connectivity index (χ2v) is 9.90. The number of hydrogen-bond acceptors (Lipinski definition) is 3. The van der Waals surface area contributed by atoms with Crippen LogP contribution in [-0.2, 0) is 0 Å². The van der Waals surface area contributed by atoms with Gasteiger partial charge in [0.1, 0.15) is 0 Å². The van der Waals surface area contributed by atoms with Gasteiger partial charge in [-0.1, -0.05) is 76.6 Å². The summed E-state index contributed by atoms with van der Waals surface area (Å²) in [5.41, 5.74) is 10.2. The predicted octanol–water partition coefficient (Wildman–Crippen LogP) is 8.54. The lowest BCUT2D eigenvalue weighted by atomic mass is 10.0. The molecule has 4 heteroatoms. The first-order valence-corrected chi connectivity index (χ1v) is 12.4. The molecule has 0 fully saturated rings. The minimum absolute atomic E-state index is 0.670. The first kappa shape index (κ1) is 23.1. The molecular weight excluding hydrogens is 494 g/mol. The Balaban J connectivity index is 1.62. The van der Waals surface area contributed by atoms with Crippen LogP contribution in [0.1, 0.15) is 22.3 Å². The van der Waals surface area contributed by atoms with Crippen molar-refractivity contribution in [2.24, 2.45) is 0 Å². The topological polar surface area (TPSA) is 38.7 Å². The van der Waals surface area contributed by atoms with Gasteiger partial charge in [0, 0.05) is 21.2 Å². The maximum absolute atomic E-state index is 4.90. The van der Waals surface area contributed by atoms with E-state index in [1.54, 1.807) is 0 Å². The zero-order chi connectivity index (χ0) is 24.5. The van der Waals surface area contributed by atoms with Crippen molar-refractivity contribution in [1.29, 1.82) is 0 Å². The minimum atomic E-state index is 0.670. The molecule has 0 radical (unpaired) electrons. The zero-order valence-electron chi connectivity index (χ0n) is 20.3. The molecule has 0 unspecified atom stereocenters. The molecule has 0 saturated heterocycles. The van der Waals surface area contributed by atoms with Crippen molar-refractivity contribution in [3.05, 3.63) is 112 Å². The number of rotatable bonds is 4. The van der Waals surface area contributed by atoms with Gasteiger partial charge in [0.2, 0.25) is 0 Å². The molecular formula is C31H26BrN3. The first-order valence-electron chi connectivity index (χ1n) is 11.6. The van der Waals surface area contributed by atoms with Crippen molar-refractivity contribution < 1.29 is 0 Å². The van der Waals surface area contributed by atoms with Gasteiger partial charge in [-0.25, -0.2) is 15.0 Å². The Morgan fingerprint density at radius 1 is 0.400 bits per heavy atom. The summed E-state index contributed by atoms with van der Waals surface area (Å²) in [5.74, 6) is 2.04. The monoisotopic (exact) mass is 519 g/mol. The zero-order valence-corrected chi connectivity index (χ0v) is 21.9. The summed E-state index contributed by atoms with van der Waals surface area (Å²) in [7, 11) is 0. The maximum atomic E-state index is 4.90. The van der Waals surface area contributed by atoms with E-state index in [4.69, 9.17) is 15.0 Å². The molecule has 4 aromatic carbocycles. The van der Waals surface area contributed by atoms with Gasteiger partial charge in [-0.15, -0.1) is 0 Å². The molecule has 0 aliphatic heterocycles. The SMILES string of the molecule is Cc1ccc(-c2nc(-c3ccc(-c4ccc(Br)cc4)cc3)nc(-c3ccc(C)c(C)c3)n2)cc1C. The second kappa shape index (κ2) is 9.55. The molecule has 5 rings (SSSR count). The molecule has 3 nitrogen and oxygen atoms in total. The van der Waals surface area contributed by atoms with E-state index in [0.29, 0.717) is 17.5 Å². The quantitative estimate of drug-likeness (QED) is 0.238. The van der Waals surface area contributed by atoms with E-state index < -0.39 is 0 Å². The van der Waals surface area contributed by atoms with Crippen molar-refractivity contribution in [3.8, 4) is 45.3 Å². The van der Waals surface area contributed by atoms with Gasteiger partial charge in [-0.3, -0.25) is 0 Å². The van der Waals surface area contributed by atoms with E-state index in [2.05, 4.69) is 129 Å². The molecule has 0 spiro atoms. The lowest BCUT2D eigenvalue weighted by Gasteiger charge is -2.11. The van der Waals surface area contributed by atoms with E-state index in [0.717, 1.165) is 26.7 Å². The fraction of sp³-hybridized carbons (Fsp3) is 0.129. The summed E-state index contributed by atoms with van der Waals surface area (Å²) < 4.78 is 1.07. The fourth-order valence-corrected chi connectivity index (χ4v) is 4.24. The predicted molar refractivity (Wildman–Crippen MR) is 148 cm³/mol. The van der Waals surface area contributed by atoms with Crippen LogP contribution in [-0.4, -0.2) is 15.0 Å². The summed E-state index contributed by atoms with van der Waals surface area (Å²) in [6.07, 6.45) is 0. The molecule has 0 amide bonds. The van der Waals surface area contributed by atoms with Crippen LogP contribution < -0.4 is 0 Å². The standard InChI is InChI=1S/C31H26BrN3/c1-19-5-7-26(17-21(19)3)30-33-29(34-31(35-30)27-8-6-20(2)22(4)18-27)25-11-9-23(10-12-25)24-13-15-28(32)16-14-24/h5-18H,1-4H3. The van der Waals surface area contributed by atoms with Gasteiger partial charge >= 0.3 is 0 Å². The molecule has 1 aromatic heterocycles. The smallest absolute Gasteiger partial charge is 0.164 e. The fourth-order valence-electron chi connectivity index (χ4n) is 3.98. The van der Waals surface area contributed by atoms with Gasteiger partial charge in [-0.2, -0.15) is 0 Å². The van der Waals surface area contributed by atoms with E-state index in [9.17, 15) is 0 Å². The molecule has 0 saturated carbocycles. The van der Waals surface area contributed by atoms with Crippen molar-refractivity contribution >= 4 is 15.9 Å². The number of nitrogens with zero attached hydrogens (tertiary/aromatic N) is 3. The van der Waals surface area contributed by atoms with E-state index in [1.165, 1.54) is 27.8 Å². The van der Waals surface area contributed by atoms with Crippen LogP contribution >= 0.6 is 15.9 Å². The molecule has 35 heavy (non-hydrogen) atoms. The van der Waals surface area contributed by atoms with Crippen molar-refractivity contribution in [1.82, 2.24) is 15.0 Å². The van der Waals surface area contributed by atoms with Gasteiger partial charge in [-0.05, 0) is 85.3 Å². The molecule has 0 aliphatic carbocycles. The maximum Gasteiger partial charge on any atom is 0.164 e. The Labute approximate surface area is 215 Å². The largest absolute Gasteiger partial charge is 0.208 e. The lowest BCUT2D eigenvalue weighted by molar-refractivity contribution is 1.07. The lowest BCUT2D eigenvalue weighted by Crippen LogP contribution is -2.01. The average molecular weight is 520 g/mol. The van der Waals surface area contributed by atoms with Crippen molar-refractivity contribution in [3.63, 3.8) is 0 Å². The molecule has 0 bridgehead atoms. The van der Waals surface area contributed by atoms with Crippen molar-refractivity contribution in [2.75, 3.05) is 0 Å². The molecule has 0 atom stereocenters. The van der Waals surface area contributed by atoms with Crippen LogP contribution in [0.15, 0.2) is 89.4 Å². The summed E-state index contributed by atoms with van der Waals surface area (Å²) in [5, 5.41) is 0. The normalized spacial score (nSPS) is 11.0. The molecule has 0 aliphatic rings. The Bertz CT molecular complexity index is 1450. The molecule has 0 N–H and O–H groups in total. The van der Waals surface area contributed by atoms with Gasteiger partial charge < -0.3 is 0 Å². The van der Waals surface area contributed by atoms with Gasteiger partial charge in [0.15, 0.2) is 17.5 Å². The van der Waals surface area contributed by atoms with Crippen LogP contribution in [0.4, 0.5) is 0 Å². The van der Waals surface area contributed by atoms with Crippen LogP contribution in [0.5, 0.6) is 0 Å². The van der Waals surface area contributed by atoms with Crippen LogP contribution in [0.2, 0.25) is 0 Å². The average Bonchev–Trinajstić information content (AvgIpc) is 2.87. The number of aryl methyl sites for hydroxylation is 4. The van der Waals surface area contributed by atoms with E-state index in [1.807, 2.05) is 0 Å². The second-order valence-electron chi connectivity index (χ2n) is 8.99. The molecule has 1 heterocycles. The Morgan fingerprint density at radius 3 is 1.17 bits per heavy atom. The Morgan fingerprint density at radius 2 is 0.743 bits per heavy atom. The molecule has 172 valence electrons. The Kier molecular flexibility index (Phi) is 6.31. The van der Waals surface area contributed by atoms with Crippen molar-refractivity contribution in [2.45, 2.75) is 27.7 Å². The molecule has 5 aromatic rings. The highest BCUT2D eigenvalue weighted by Gasteiger charge is 2.13. The summed E-state index contributed by atoms with van der Waals surface area (Å²) in [4.78, 5) is 14.7. The summed E-state index contributed by atoms with van der Waals surface area (Å²) >= 11 is 3.51. The van der Waals surface area contributed by atoms with Crippen LogP contribution in [0.25, 0.3) is 45.3 Å². The van der Waals surface area contributed by atoms with Gasteiger partial charge in [0.05, 0.1) is 0 Å². The van der Waals surface area contributed by atoms with Crippen LogP contribution in [0, 0.1) is 27.7 Å². The highest BCUT2D eigenvalue weighted by molar-refractivity contribution is 9.10. The third-order valence-corrected chi connectivity index (χ3v) is 7.01. The first-order chi connectivity index (χ1) is 16.9. The van der Waals surface area contributed by atoms with Gasteiger partial charge in [0.25, 0.3) is 0 Å². The van der Waals surface area contributed by atoms with E-state index in [-0.39, 0.29) is 0 Å². The van der Waals surface area contributed by atoms with E-state index >= 15 is 0 Å². The number of benzene rings is 4. The summed E-state index contributed by atoms with van der Waals surface area (Å²) in [6, 6.07) is 29.4. The third-order valence-electron chi connectivity index (χ3n) is 6.49. The highest BCUT2D eigenvalue weighted by atomic mass is 79.9. The number of halogens is 1. The Hall–Kier alpha value is -3.63. The number of hydrogen-bond donors (Lipinski definition) is 0.